The van der Waals surface area contributed by atoms with Crippen LogP contribution in [0.1, 0.15) is 58.3 Å². The summed E-state index contributed by atoms with van der Waals surface area (Å²) in [5, 5.41) is 0. The molecule has 2 radical (unpaired) electrons. The smallest absolute Gasteiger partial charge is 0.0836 e. The Labute approximate surface area is 83.9 Å². The number of ether oxygens (including phenoxy) is 1. The molecule has 0 saturated heterocycles. The number of unbranched alkanes of at least 4 members (excludes halogenated alkanes) is 7. The first-order valence-electron chi connectivity index (χ1n) is 5.64. The maximum absolute atomic E-state index is 5.15. The van der Waals surface area contributed by atoms with E-state index >= 15 is 0 Å². The van der Waals surface area contributed by atoms with Gasteiger partial charge in [-0.2, -0.15) is 0 Å². The summed E-state index contributed by atoms with van der Waals surface area (Å²) in [6, 6.07) is 0. The van der Waals surface area contributed by atoms with Crippen molar-refractivity contribution in [2.75, 3.05) is 6.61 Å². The second-order valence-corrected chi connectivity index (χ2v) is 3.39. The van der Waals surface area contributed by atoms with Crippen molar-refractivity contribution in [1.82, 2.24) is 0 Å². The van der Waals surface area contributed by atoms with Gasteiger partial charge in [0.1, 0.15) is 0 Å². The molecule has 78 valence electrons. The van der Waals surface area contributed by atoms with Gasteiger partial charge < -0.3 is 4.74 Å². The normalized spacial score (nSPS) is 10.6. The van der Waals surface area contributed by atoms with Crippen molar-refractivity contribution in [3.63, 3.8) is 0 Å². The van der Waals surface area contributed by atoms with Crippen LogP contribution in [0.4, 0.5) is 0 Å². The van der Waals surface area contributed by atoms with Crippen LogP contribution in [0.5, 0.6) is 0 Å². The molecular formula is C12H24O. The summed E-state index contributed by atoms with van der Waals surface area (Å²) in [5.74, 6) is 0. The van der Waals surface area contributed by atoms with Crippen LogP contribution in [0.25, 0.3) is 0 Å². The third-order valence-corrected chi connectivity index (χ3v) is 2.11. The minimum Gasteiger partial charge on any atom is -0.376 e. The van der Waals surface area contributed by atoms with Crippen molar-refractivity contribution in [1.29, 1.82) is 0 Å². The molecule has 0 aromatic heterocycles. The van der Waals surface area contributed by atoms with E-state index in [2.05, 4.69) is 6.92 Å². The molecule has 0 fully saturated rings. The highest BCUT2D eigenvalue weighted by atomic mass is 16.5. The van der Waals surface area contributed by atoms with Crippen LogP contribution in [0, 0.1) is 13.5 Å². The zero-order chi connectivity index (χ0) is 9.78. The fourth-order valence-electron chi connectivity index (χ4n) is 1.31. The fourth-order valence-corrected chi connectivity index (χ4v) is 1.31. The predicted octanol–water partition coefficient (Wildman–Crippen LogP) is 4.14. The van der Waals surface area contributed by atoms with Crippen molar-refractivity contribution >= 4 is 0 Å². The van der Waals surface area contributed by atoms with Crippen molar-refractivity contribution in [3.8, 4) is 0 Å². The molecule has 0 amide bonds. The molecule has 0 bridgehead atoms. The monoisotopic (exact) mass is 184 g/mol. The predicted molar refractivity (Wildman–Crippen MR) is 58.2 cm³/mol. The summed E-state index contributed by atoms with van der Waals surface area (Å²) in [7, 11) is 0. The molecule has 0 aliphatic rings. The van der Waals surface area contributed by atoms with Crippen LogP contribution in [0.15, 0.2) is 0 Å². The lowest BCUT2D eigenvalue weighted by molar-refractivity contribution is 0.205. The van der Waals surface area contributed by atoms with Gasteiger partial charge in [-0.05, 0) is 13.3 Å². The highest BCUT2D eigenvalue weighted by molar-refractivity contribution is 4.52. The Kier molecular flexibility index (Phi) is 11.9. The van der Waals surface area contributed by atoms with E-state index < -0.39 is 0 Å². The van der Waals surface area contributed by atoms with Gasteiger partial charge in [0.25, 0.3) is 0 Å². The number of hydrogen-bond donors (Lipinski definition) is 0. The molecule has 0 N–H and O–H groups in total. The minimum atomic E-state index is 0.809. The molecule has 0 aliphatic carbocycles. The zero-order valence-corrected chi connectivity index (χ0v) is 9.06. The van der Waals surface area contributed by atoms with Crippen LogP contribution in [0.3, 0.4) is 0 Å². The van der Waals surface area contributed by atoms with Gasteiger partial charge in [0, 0.05) is 6.61 Å². The lowest BCUT2D eigenvalue weighted by Gasteiger charge is -2.01. The average Bonchev–Trinajstić information content (AvgIpc) is 2.16. The van der Waals surface area contributed by atoms with Gasteiger partial charge in [-0.25, -0.2) is 0 Å². The molecule has 0 rings (SSSR count). The summed E-state index contributed by atoms with van der Waals surface area (Å²) < 4.78 is 5.15. The molecule has 0 saturated carbocycles. The Morgan fingerprint density at radius 2 is 1.62 bits per heavy atom. The van der Waals surface area contributed by atoms with E-state index in [4.69, 9.17) is 4.74 Å². The highest BCUT2D eigenvalue weighted by Crippen LogP contribution is 2.09. The summed E-state index contributed by atoms with van der Waals surface area (Å²) in [6.07, 6.45) is 10.3. The standard InChI is InChI=1S/C12H24O/c1-3-5-6-7-8-9-10-11-12-13-4-2/h12H,1,3-11H2,2H3. The Morgan fingerprint density at radius 1 is 1.00 bits per heavy atom. The first kappa shape index (κ1) is 13.0. The molecule has 13 heavy (non-hydrogen) atoms. The molecule has 0 aromatic rings. The second kappa shape index (κ2) is 12.0. The van der Waals surface area contributed by atoms with Crippen molar-refractivity contribution in [3.05, 3.63) is 13.5 Å². The number of hydrogen-bond acceptors (Lipinski definition) is 1. The van der Waals surface area contributed by atoms with E-state index in [1.54, 1.807) is 0 Å². The topological polar surface area (TPSA) is 9.23 Å². The molecule has 0 spiro atoms. The van der Waals surface area contributed by atoms with Gasteiger partial charge in [0.2, 0.25) is 0 Å². The molecule has 0 atom stereocenters. The Hall–Kier alpha value is -0.0400. The van der Waals surface area contributed by atoms with E-state index in [9.17, 15) is 0 Å². The summed E-state index contributed by atoms with van der Waals surface area (Å²) in [4.78, 5) is 0. The summed E-state index contributed by atoms with van der Waals surface area (Å²) in [5.41, 5.74) is 0. The third-order valence-electron chi connectivity index (χ3n) is 2.11. The Morgan fingerprint density at radius 3 is 2.23 bits per heavy atom. The minimum absolute atomic E-state index is 0.809. The Balaban J connectivity index is 2.76. The molecule has 0 heterocycles. The van der Waals surface area contributed by atoms with Crippen molar-refractivity contribution < 1.29 is 4.74 Å². The molecule has 0 aromatic carbocycles. The third kappa shape index (κ3) is 12.0. The van der Waals surface area contributed by atoms with E-state index in [-0.39, 0.29) is 0 Å². The van der Waals surface area contributed by atoms with Crippen molar-refractivity contribution in [2.24, 2.45) is 0 Å². The van der Waals surface area contributed by atoms with Crippen LogP contribution < -0.4 is 0 Å². The van der Waals surface area contributed by atoms with Gasteiger partial charge >= 0.3 is 0 Å². The van der Waals surface area contributed by atoms with Crippen LogP contribution >= 0.6 is 0 Å². The maximum Gasteiger partial charge on any atom is 0.0836 e. The molecule has 0 unspecified atom stereocenters. The number of rotatable bonds is 10. The first-order chi connectivity index (χ1) is 6.41. The molecule has 0 aliphatic heterocycles. The quantitative estimate of drug-likeness (QED) is 0.464. The molecule has 1 nitrogen and oxygen atoms in total. The van der Waals surface area contributed by atoms with Crippen LogP contribution in [0.2, 0.25) is 0 Å². The molecule has 1 heteroatoms. The fraction of sp³-hybridized carbons (Fsp3) is 0.833. The summed E-state index contributed by atoms with van der Waals surface area (Å²) >= 11 is 0. The molecular weight excluding hydrogens is 160 g/mol. The van der Waals surface area contributed by atoms with Crippen LogP contribution in [-0.2, 0) is 4.74 Å². The SMILES string of the molecule is [CH2]CCCCCCCC[CH]OCC. The lowest BCUT2D eigenvalue weighted by atomic mass is 10.1. The van der Waals surface area contributed by atoms with Gasteiger partial charge in [-0.1, -0.05) is 51.9 Å². The first-order valence-corrected chi connectivity index (χ1v) is 5.64. The summed E-state index contributed by atoms with van der Waals surface area (Å²) in [6.45, 7) is 8.60. The largest absolute Gasteiger partial charge is 0.376 e. The van der Waals surface area contributed by atoms with Gasteiger partial charge in [-0.15, -0.1) is 0 Å². The van der Waals surface area contributed by atoms with E-state index in [1.807, 2.05) is 13.5 Å². The second-order valence-electron chi connectivity index (χ2n) is 3.39. The maximum atomic E-state index is 5.15. The van der Waals surface area contributed by atoms with Crippen LogP contribution in [-0.4, -0.2) is 6.61 Å². The van der Waals surface area contributed by atoms with E-state index in [0.29, 0.717) is 0 Å². The van der Waals surface area contributed by atoms with E-state index in [1.165, 1.54) is 38.5 Å². The van der Waals surface area contributed by atoms with Gasteiger partial charge in [0.15, 0.2) is 0 Å². The van der Waals surface area contributed by atoms with Gasteiger partial charge in [0.05, 0.1) is 6.61 Å². The van der Waals surface area contributed by atoms with Crippen molar-refractivity contribution in [2.45, 2.75) is 58.3 Å². The zero-order valence-electron chi connectivity index (χ0n) is 9.06. The highest BCUT2D eigenvalue weighted by Gasteiger charge is 1.91. The van der Waals surface area contributed by atoms with E-state index in [0.717, 1.165) is 19.4 Å². The van der Waals surface area contributed by atoms with Gasteiger partial charge in [-0.3, -0.25) is 0 Å². The average molecular weight is 184 g/mol. The Bertz CT molecular complexity index is 71.2. The lowest BCUT2D eigenvalue weighted by Crippen LogP contribution is -1.86.